The Morgan fingerprint density at radius 3 is 2.69 bits per heavy atom. The summed E-state index contributed by atoms with van der Waals surface area (Å²) < 4.78 is 32.5. The highest BCUT2D eigenvalue weighted by molar-refractivity contribution is 5.92. The minimum atomic E-state index is -2.76. The molecule has 4 N–H and O–H groups in total. The van der Waals surface area contributed by atoms with Gasteiger partial charge in [0, 0.05) is 31.3 Å². The second kappa shape index (κ2) is 8.11. The number of hydrazone groups is 1. The molecule has 8 nitrogen and oxygen atoms in total. The molecule has 0 aromatic heterocycles. The summed E-state index contributed by atoms with van der Waals surface area (Å²) >= 11 is 0. The van der Waals surface area contributed by atoms with Crippen LogP contribution in [0.4, 0.5) is 19.3 Å². The summed E-state index contributed by atoms with van der Waals surface area (Å²) in [6.07, 6.45) is -1.04. The van der Waals surface area contributed by atoms with E-state index in [0.29, 0.717) is 11.6 Å². The average molecular weight is 368 g/mol. The lowest BCUT2D eigenvalue weighted by Gasteiger charge is -2.25. The van der Waals surface area contributed by atoms with Gasteiger partial charge in [0.1, 0.15) is 6.61 Å². The van der Waals surface area contributed by atoms with E-state index in [0.717, 1.165) is 10.6 Å². The molecule has 0 spiro atoms. The minimum Gasteiger partial charge on any atom is -0.472 e. The van der Waals surface area contributed by atoms with Crippen LogP contribution in [0.5, 0.6) is 0 Å². The number of halogens is 2. The smallest absolute Gasteiger partial charge is 0.352 e. The Labute approximate surface area is 150 Å². The van der Waals surface area contributed by atoms with Gasteiger partial charge in [0.15, 0.2) is 0 Å². The fourth-order valence-corrected chi connectivity index (χ4v) is 2.52. The van der Waals surface area contributed by atoms with Crippen molar-refractivity contribution in [2.45, 2.75) is 20.0 Å². The van der Waals surface area contributed by atoms with E-state index in [1.165, 1.54) is 25.2 Å². The van der Waals surface area contributed by atoms with Crippen LogP contribution < -0.4 is 16.7 Å². The third kappa shape index (κ3) is 4.46. The summed E-state index contributed by atoms with van der Waals surface area (Å²) in [6, 6.07) is 3.33. The predicted octanol–water partition coefficient (Wildman–Crippen LogP) is 1.95. The zero-order valence-electron chi connectivity index (χ0n) is 14.8. The topological polar surface area (TPSA) is 100 Å². The number of carbonyl (C=O) groups excluding carboxylic acids is 1. The first-order valence-electron chi connectivity index (χ1n) is 7.77. The van der Waals surface area contributed by atoms with Crippen LogP contribution in [0.15, 0.2) is 34.9 Å². The summed E-state index contributed by atoms with van der Waals surface area (Å²) in [4.78, 5) is 12.0. The second-order valence-electron chi connectivity index (χ2n) is 5.94. The van der Waals surface area contributed by atoms with Crippen LogP contribution in [0.1, 0.15) is 24.5 Å². The number of anilines is 1. The normalized spacial score (nSPS) is 14.1. The molecular weight excluding hydrogens is 346 g/mol. The van der Waals surface area contributed by atoms with Crippen LogP contribution in [0.25, 0.3) is 0 Å². The fraction of sp³-hybridized carbons (Fsp3) is 0.375. The van der Waals surface area contributed by atoms with Gasteiger partial charge in [-0.1, -0.05) is 12.1 Å². The first-order chi connectivity index (χ1) is 12.2. The predicted molar refractivity (Wildman–Crippen MR) is 94.0 cm³/mol. The first kappa shape index (κ1) is 19.6. The molecule has 0 fully saturated rings. The minimum absolute atomic E-state index is 0.0792. The highest BCUT2D eigenvalue weighted by Gasteiger charge is 2.23. The number of hydrazine groups is 2. The third-order valence-corrected chi connectivity index (χ3v) is 3.67. The van der Waals surface area contributed by atoms with E-state index in [-0.39, 0.29) is 29.3 Å². The second-order valence-corrected chi connectivity index (χ2v) is 5.94. The molecule has 1 heterocycles. The summed E-state index contributed by atoms with van der Waals surface area (Å²) in [6.45, 7) is 2.33. The summed E-state index contributed by atoms with van der Waals surface area (Å²) in [5.41, 5.74) is 0.897. The molecule has 1 aliphatic rings. The van der Waals surface area contributed by atoms with Crippen molar-refractivity contribution < 1.29 is 18.3 Å². The molecule has 0 atom stereocenters. The Hall–Kier alpha value is -2.72. The number of hydrogen-bond acceptors (Lipinski definition) is 6. The molecule has 0 saturated heterocycles. The zero-order chi connectivity index (χ0) is 19.4. The van der Waals surface area contributed by atoms with E-state index in [4.69, 9.17) is 16.4 Å². The largest absolute Gasteiger partial charge is 0.472 e. The zero-order valence-corrected chi connectivity index (χ0v) is 14.8. The van der Waals surface area contributed by atoms with Gasteiger partial charge in [-0.15, -0.1) is 5.10 Å². The lowest BCUT2D eigenvalue weighted by atomic mass is 10.1. The average Bonchev–Trinajstić information content (AvgIpc) is 2.57. The van der Waals surface area contributed by atoms with Gasteiger partial charge in [0.05, 0.1) is 12.2 Å². The van der Waals surface area contributed by atoms with E-state index in [1.807, 2.05) is 6.92 Å². The lowest BCUT2D eigenvalue weighted by molar-refractivity contribution is 0.147. The maximum absolute atomic E-state index is 13.4. The van der Waals surface area contributed by atoms with E-state index >= 15 is 0 Å². The molecule has 0 aliphatic carbocycles. The van der Waals surface area contributed by atoms with Gasteiger partial charge in [-0.2, -0.15) is 0 Å². The van der Waals surface area contributed by atoms with Crippen molar-refractivity contribution >= 4 is 17.6 Å². The van der Waals surface area contributed by atoms with Crippen molar-refractivity contribution in [3.63, 3.8) is 0 Å². The van der Waals surface area contributed by atoms with E-state index < -0.39 is 12.5 Å². The van der Waals surface area contributed by atoms with Gasteiger partial charge in [-0.3, -0.25) is 10.0 Å². The molecule has 10 heteroatoms. The Bertz CT molecular complexity index is 735. The molecule has 0 saturated carbocycles. The number of benzene rings is 1. The number of hydrogen-bond donors (Lipinski definition) is 2. The SMILES string of the molecule is CC1=CC(OCc2c(C(F)F)cccc2N(N)C(=O)N(C)N)=NN(C)C1. The van der Waals surface area contributed by atoms with Crippen molar-refractivity contribution in [3.05, 3.63) is 41.0 Å². The maximum atomic E-state index is 13.4. The maximum Gasteiger partial charge on any atom is 0.352 e. The lowest BCUT2D eigenvalue weighted by Crippen LogP contribution is -2.49. The number of ether oxygens (including phenoxy) is 1. The molecule has 1 aromatic carbocycles. The van der Waals surface area contributed by atoms with Gasteiger partial charge in [-0.05, 0) is 18.6 Å². The number of nitrogens with zero attached hydrogens (tertiary/aromatic N) is 4. The number of alkyl halides is 2. The van der Waals surface area contributed by atoms with Gasteiger partial charge < -0.3 is 4.74 Å². The summed E-state index contributed by atoms with van der Waals surface area (Å²) in [5.74, 6) is 11.5. The van der Waals surface area contributed by atoms with Gasteiger partial charge in [-0.25, -0.2) is 30.3 Å². The van der Waals surface area contributed by atoms with Gasteiger partial charge in [0.25, 0.3) is 6.43 Å². The molecule has 1 aliphatic heterocycles. The van der Waals surface area contributed by atoms with Crippen LogP contribution >= 0.6 is 0 Å². The Kier molecular flexibility index (Phi) is 6.11. The highest BCUT2D eigenvalue weighted by Crippen LogP contribution is 2.31. The van der Waals surface area contributed by atoms with E-state index in [2.05, 4.69) is 5.10 Å². The number of rotatable bonds is 4. The van der Waals surface area contributed by atoms with E-state index in [1.54, 1.807) is 18.1 Å². The summed E-state index contributed by atoms with van der Waals surface area (Å²) in [7, 11) is 3.07. The number of nitrogens with two attached hydrogens (primary N) is 2. The molecule has 0 unspecified atom stereocenters. The van der Waals surface area contributed by atoms with Crippen LogP contribution in [-0.4, -0.2) is 42.6 Å². The van der Waals surface area contributed by atoms with Crippen molar-refractivity contribution in [2.24, 2.45) is 16.8 Å². The summed E-state index contributed by atoms with van der Waals surface area (Å²) in [5, 5.41) is 7.32. The van der Waals surface area contributed by atoms with Crippen molar-refractivity contribution in [2.75, 3.05) is 25.6 Å². The van der Waals surface area contributed by atoms with Crippen LogP contribution in [0.2, 0.25) is 0 Å². The monoisotopic (exact) mass is 368 g/mol. The standard InChI is InChI=1S/C16H22F2N6O2/c1-10-7-14(21-22(2)8-10)26-9-12-11(15(17)18)5-4-6-13(12)24(20)16(25)23(3)19/h4-7,15H,8-9,19-20H2,1-3H3. The van der Waals surface area contributed by atoms with E-state index in [9.17, 15) is 13.6 Å². The van der Waals surface area contributed by atoms with Crippen LogP contribution in [0, 0.1) is 0 Å². The number of amides is 2. The number of urea groups is 1. The molecule has 26 heavy (non-hydrogen) atoms. The molecule has 142 valence electrons. The highest BCUT2D eigenvalue weighted by atomic mass is 19.3. The fourth-order valence-electron chi connectivity index (χ4n) is 2.52. The molecule has 0 bridgehead atoms. The Morgan fingerprint density at radius 2 is 2.12 bits per heavy atom. The molecule has 2 rings (SSSR count). The van der Waals surface area contributed by atoms with Crippen LogP contribution in [-0.2, 0) is 11.3 Å². The molecule has 1 aromatic rings. The Balaban J connectivity index is 2.34. The van der Waals surface area contributed by atoms with Gasteiger partial charge >= 0.3 is 6.03 Å². The molecule has 2 amide bonds. The number of likely N-dealkylation sites (N-methyl/N-ethyl adjacent to an activating group) is 1. The van der Waals surface area contributed by atoms with Crippen molar-refractivity contribution in [3.8, 4) is 0 Å². The van der Waals surface area contributed by atoms with Gasteiger partial charge in [0.2, 0.25) is 5.90 Å². The van der Waals surface area contributed by atoms with Crippen molar-refractivity contribution in [1.29, 1.82) is 0 Å². The first-order valence-corrected chi connectivity index (χ1v) is 7.77. The van der Waals surface area contributed by atoms with Crippen molar-refractivity contribution in [1.82, 2.24) is 10.0 Å². The quantitative estimate of drug-likeness (QED) is 0.481. The molecule has 0 radical (unpaired) electrons. The van der Waals surface area contributed by atoms with Crippen LogP contribution in [0.3, 0.4) is 0 Å². The Morgan fingerprint density at radius 1 is 1.42 bits per heavy atom. The molecular formula is C16H22F2N6O2. The number of carbonyl (C=O) groups is 1. The third-order valence-electron chi connectivity index (χ3n) is 3.67.